The van der Waals surface area contributed by atoms with E-state index in [0.717, 1.165) is 11.1 Å². The Balaban J connectivity index is 2.14. The molecule has 12 heteroatoms. The summed E-state index contributed by atoms with van der Waals surface area (Å²) < 4.78 is 25.0. The maximum atomic E-state index is 13.7. The van der Waals surface area contributed by atoms with Gasteiger partial charge in [-0.1, -0.05) is 6.92 Å². The predicted molar refractivity (Wildman–Crippen MR) is 125 cm³/mol. The van der Waals surface area contributed by atoms with E-state index in [4.69, 9.17) is 24.7 Å². The van der Waals surface area contributed by atoms with Crippen LogP contribution in [0.4, 0.5) is 0 Å². The zero-order chi connectivity index (χ0) is 24.8. The van der Waals surface area contributed by atoms with E-state index in [2.05, 4.69) is 20.5 Å². The van der Waals surface area contributed by atoms with Crippen LogP contribution < -0.4 is 11.3 Å². The number of ether oxygens (including phenoxy) is 4. The Kier molecular flexibility index (Phi) is 8.80. The Hall–Kier alpha value is -2.77. The van der Waals surface area contributed by atoms with Crippen molar-refractivity contribution in [2.45, 2.75) is 39.5 Å². The van der Waals surface area contributed by atoms with Crippen molar-refractivity contribution in [1.82, 2.24) is 29.8 Å². The number of aromatic nitrogens is 6. The van der Waals surface area contributed by atoms with Gasteiger partial charge in [-0.25, -0.2) is 9.67 Å². The Bertz CT molecular complexity index is 1160. The second-order valence-electron chi connectivity index (χ2n) is 8.25. The number of nitrogens with two attached hydrogens (primary N) is 1. The van der Waals surface area contributed by atoms with Crippen molar-refractivity contribution in [3.63, 3.8) is 0 Å². The summed E-state index contributed by atoms with van der Waals surface area (Å²) in [7, 11) is 4.76. The fourth-order valence-corrected chi connectivity index (χ4v) is 3.79. The summed E-state index contributed by atoms with van der Waals surface area (Å²) in [6, 6.07) is 3.91. The Labute approximate surface area is 198 Å². The van der Waals surface area contributed by atoms with Gasteiger partial charge in [0.05, 0.1) is 29.8 Å². The summed E-state index contributed by atoms with van der Waals surface area (Å²) in [5.41, 5.74) is 9.25. The van der Waals surface area contributed by atoms with Gasteiger partial charge in [-0.15, -0.1) is 5.10 Å². The molecule has 2 N–H and O–H groups in total. The van der Waals surface area contributed by atoms with Crippen molar-refractivity contribution in [1.29, 1.82) is 0 Å². The van der Waals surface area contributed by atoms with E-state index in [-0.39, 0.29) is 55.8 Å². The molecule has 2 aromatic heterocycles. The van der Waals surface area contributed by atoms with Crippen molar-refractivity contribution >= 4 is 11.0 Å². The van der Waals surface area contributed by atoms with Gasteiger partial charge in [0.2, 0.25) is 5.82 Å². The van der Waals surface area contributed by atoms with Gasteiger partial charge in [-0.2, -0.15) is 0 Å². The first-order valence-electron chi connectivity index (χ1n) is 11.0. The average Bonchev–Trinajstić information content (AvgIpc) is 3.24. The first-order chi connectivity index (χ1) is 16.3. The number of hydrogen-bond acceptors (Lipinski definition) is 10. The SMILES string of the molecule is COCO[C@@H](Cn1c(=O)c(-c2nnnn2C)nc2cc(C)c(C)cc21)[C@H](C)[C@@H](CN)OCOC. The highest BCUT2D eigenvalue weighted by molar-refractivity contribution is 5.79. The first-order valence-corrected chi connectivity index (χ1v) is 11.0. The zero-order valence-corrected chi connectivity index (χ0v) is 20.5. The molecule has 3 rings (SSSR count). The minimum atomic E-state index is -0.458. The average molecular weight is 476 g/mol. The van der Waals surface area contributed by atoms with Crippen LogP contribution >= 0.6 is 0 Å². The van der Waals surface area contributed by atoms with Crippen LogP contribution in [0, 0.1) is 19.8 Å². The summed E-state index contributed by atoms with van der Waals surface area (Å²) in [6.07, 6.45) is -0.808. The number of nitrogens with zero attached hydrogens (tertiary/aromatic N) is 6. The van der Waals surface area contributed by atoms with Crippen molar-refractivity contribution in [3.05, 3.63) is 33.6 Å². The van der Waals surface area contributed by atoms with Gasteiger partial charge in [0, 0.05) is 33.7 Å². The number of methoxy groups -OCH3 is 2. The molecule has 0 aliphatic rings. The van der Waals surface area contributed by atoms with Crippen LogP contribution in [-0.2, 0) is 32.5 Å². The maximum absolute atomic E-state index is 13.7. The second kappa shape index (κ2) is 11.6. The Morgan fingerprint density at radius 3 is 2.29 bits per heavy atom. The van der Waals surface area contributed by atoms with Crippen LogP contribution in [0.5, 0.6) is 0 Å². The predicted octanol–water partition coefficient (Wildman–Crippen LogP) is 0.777. The van der Waals surface area contributed by atoms with Crippen LogP contribution in [0.1, 0.15) is 18.1 Å². The summed E-state index contributed by atoms with van der Waals surface area (Å²) in [4.78, 5) is 18.3. The lowest BCUT2D eigenvalue weighted by Gasteiger charge is -2.31. The lowest BCUT2D eigenvalue weighted by molar-refractivity contribution is -0.140. The highest BCUT2D eigenvalue weighted by Crippen LogP contribution is 2.23. The molecule has 1 aromatic carbocycles. The molecular weight excluding hydrogens is 442 g/mol. The lowest BCUT2D eigenvalue weighted by atomic mass is 9.97. The van der Waals surface area contributed by atoms with Crippen molar-refractivity contribution in [2.75, 3.05) is 34.4 Å². The molecule has 0 spiro atoms. The van der Waals surface area contributed by atoms with E-state index in [9.17, 15) is 4.79 Å². The van der Waals surface area contributed by atoms with Gasteiger partial charge >= 0.3 is 0 Å². The van der Waals surface area contributed by atoms with Gasteiger partial charge in [-0.3, -0.25) is 4.79 Å². The summed E-state index contributed by atoms with van der Waals surface area (Å²) in [5.74, 6) is 0.0986. The van der Waals surface area contributed by atoms with Gasteiger partial charge in [-0.05, 0) is 47.5 Å². The highest BCUT2D eigenvalue weighted by atomic mass is 16.7. The number of hydrogen-bond donors (Lipinski definition) is 1. The smallest absolute Gasteiger partial charge is 0.281 e. The van der Waals surface area contributed by atoms with Crippen LogP contribution in [0.2, 0.25) is 0 Å². The number of benzene rings is 1. The van der Waals surface area contributed by atoms with E-state index in [1.807, 2.05) is 32.9 Å². The fraction of sp³-hybridized carbons (Fsp3) is 0.591. The molecule has 0 saturated heterocycles. The molecule has 0 aliphatic heterocycles. The zero-order valence-electron chi connectivity index (χ0n) is 20.5. The normalized spacial score (nSPS) is 14.4. The number of aryl methyl sites for hydroxylation is 3. The molecule has 0 bridgehead atoms. The minimum Gasteiger partial charge on any atom is -0.359 e. The van der Waals surface area contributed by atoms with Crippen molar-refractivity contribution in [3.8, 4) is 11.5 Å². The molecule has 0 aliphatic carbocycles. The monoisotopic (exact) mass is 475 g/mol. The van der Waals surface area contributed by atoms with Crippen molar-refractivity contribution in [2.24, 2.45) is 18.7 Å². The molecule has 0 radical (unpaired) electrons. The summed E-state index contributed by atoms with van der Waals surface area (Å²) >= 11 is 0. The molecule has 0 fully saturated rings. The van der Waals surface area contributed by atoms with Gasteiger partial charge in [0.15, 0.2) is 5.69 Å². The molecule has 0 saturated carbocycles. The molecule has 34 heavy (non-hydrogen) atoms. The molecule has 186 valence electrons. The maximum Gasteiger partial charge on any atom is 0.281 e. The van der Waals surface area contributed by atoms with Crippen LogP contribution in [0.25, 0.3) is 22.6 Å². The number of rotatable bonds is 12. The first kappa shape index (κ1) is 25.8. The van der Waals surface area contributed by atoms with Gasteiger partial charge < -0.3 is 29.2 Å². The van der Waals surface area contributed by atoms with Crippen LogP contribution in [-0.4, -0.2) is 76.3 Å². The fourth-order valence-electron chi connectivity index (χ4n) is 3.79. The van der Waals surface area contributed by atoms with Gasteiger partial charge in [0.1, 0.15) is 13.6 Å². The van der Waals surface area contributed by atoms with Gasteiger partial charge in [0.25, 0.3) is 5.56 Å². The summed E-state index contributed by atoms with van der Waals surface area (Å²) in [5, 5.41) is 11.5. The largest absolute Gasteiger partial charge is 0.359 e. The van der Waals surface area contributed by atoms with E-state index < -0.39 is 6.10 Å². The third-order valence-electron chi connectivity index (χ3n) is 5.96. The Morgan fingerprint density at radius 1 is 1.06 bits per heavy atom. The highest BCUT2D eigenvalue weighted by Gasteiger charge is 2.29. The lowest BCUT2D eigenvalue weighted by Crippen LogP contribution is -2.42. The molecule has 12 nitrogen and oxygen atoms in total. The molecule has 0 amide bonds. The Morgan fingerprint density at radius 2 is 1.71 bits per heavy atom. The van der Waals surface area contributed by atoms with Crippen LogP contribution in [0.3, 0.4) is 0 Å². The molecule has 3 atom stereocenters. The van der Waals surface area contributed by atoms with E-state index >= 15 is 0 Å². The quantitative estimate of drug-likeness (QED) is 0.373. The van der Waals surface area contributed by atoms with Crippen LogP contribution in [0.15, 0.2) is 16.9 Å². The third-order valence-corrected chi connectivity index (χ3v) is 5.96. The van der Waals surface area contributed by atoms with E-state index in [1.54, 1.807) is 25.8 Å². The standard InChI is InChI=1S/C22H33N7O5/c1-13-7-16-17(8-14(13)2)29(22(30)20(24-16)21-25-26-27-28(21)4)10-19(34-12-32-6)15(3)18(9-23)33-11-31-5/h7-8,15,18-19H,9-12,23H2,1-6H3/t15-,18-,19+/m1/s1. The number of fused-ring (bicyclic) bond motifs is 1. The summed E-state index contributed by atoms with van der Waals surface area (Å²) in [6.45, 7) is 6.59. The van der Waals surface area contributed by atoms with E-state index in [1.165, 1.54) is 4.68 Å². The minimum absolute atomic E-state index is 0.0482. The molecule has 3 aromatic rings. The van der Waals surface area contributed by atoms with E-state index in [0.29, 0.717) is 11.0 Å². The molecular formula is C22H33N7O5. The molecule has 2 heterocycles. The third kappa shape index (κ3) is 5.47. The second-order valence-corrected chi connectivity index (χ2v) is 8.25. The topological polar surface area (TPSA) is 141 Å². The number of tetrazole rings is 1. The molecule has 0 unspecified atom stereocenters. The van der Waals surface area contributed by atoms with Crippen molar-refractivity contribution < 1.29 is 18.9 Å².